The number of benzene rings is 1. The Morgan fingerprint density at radius 1 is 1.00 bits per heavy atom. The Kier molecular flexibility index (Phi) is 2.61. The predicted octanol–water partition coefficient (Wildman–Crippen LogP) is 3.53. The van der Waals surface area contributed by atoms with Crippen LogP contribution in [0.15, 0.2) is 48.9 Å². The van der Waals surface area contributed by atoms with E-state index in [-0.39, 0.29) is 0 Å². The van der Waals surface area contributed by atoms with Gasteiger partial charge < -0.3 is 5.73 Å². The monoisotopic (exact) mass is 255 g/mol. The number of rotatable bonds is 1. The number of anilines is 1. The van der Waals surface area contributed by atoms with Gasteiger partial charge in [0, 0.05) is 29.5 Å². The predicted molar refractivity (Wildman–Crippen MR) is 74.4 cm³/mol. The quantitative estimate of drug-likeness (QED) is 0.724. The molecule has 1 aromatic carbocycles. The number of nitrogens with two attached hydrogens (primary N) is 1. The smallest absolute Gasteiger partial charge is 0.123 e. The maximum Gasteiger partial charge on any atom is 0.123 e. The molecular formula is C14H10ClN3. The number of nitrogens with zero attached hydrogens (tertiary/aromatic N) is 2. The van der Waals surface area contributed by atoms with Crippen LogP contribution in [0.4, 0.5) is 5.82 Å². The molecule has 88 valence electrons. The molecule has 0 bridgehead atoms. The third kappa shape index (κ3) is 1.89. The van der Waals surface area contributed by atoms with Gasteiger partial charge in [-0.2, -0.15) is 0 Å². The van der Waals surface area contributed by atoms with Crippen molar-refractivity contribution >= 4 is 28.2 Å². The topological polar surface area (TPSA) is 51.8 Å². The van der Waals surface area contributed by atoms with Crippen molar-refractivity contribution in [1.29, 1.82) is 0 Å². The molecule has 18 heavy (non-hydrogen) atoms. The SMILES string of the molecule is Nc1cc2ccc(-c3ccncc3Cl)cc2cn1. The van der Waals surface area contributed by atoms with E-state index in [1.165, 1.54) is 0 Å². The minimum absolute atomic E-state index is 0.525. The second-order valence-electron chi connectivity index (χ2n) is 4.03. The lowest BCUT2D eigenvalue weighted by atomic mass is 10.0. The maximum atomic E-state index is 6.14. The normalized spacial score (nSPS) is 10.7. The first kappa shape index (κ1) is 11.0. The lowest BCUT2D eigenvalue weighted by molar-refractivity contribution is 1.33. The molecule has 3 rings (SSSR count). The van der Waals surface area contributed by atoms with Gasteiger partial charge in [-0.3, -0.25) is 4.98 Å². The van der Waals surface area contributed by atoms with Crippen LogP contribution in [0.5, 0.6) is 0 Å². The first-order chi connectivity index (χ1) is 8.74. The van der Waals surface area contributed by atoms with Crippen molar-refractivity contribution in [2.75, 3.05) is 5.73 Å². The van der Waals surface area contributed by atoms with Crippen molar-refractivity contribution in [2.24, 2.45) is 0 Å². The minimum atomic E-state index is 0.525. The van der Waals surface area contributed by atoms with Crippen LogP contribution in [0.3, 0.4) is 0 Å². The zero-order valence-corrected chi connectivity index (χ0v) is 10.2. The Hall–Kier alpha value is -2.13. The Morgan fingerprint density at radius 3 is 2.72 bits per heavy atom. The van der Waals surface area contributed by atoms with Gasteiger partial charge in [-0.1, -0.05) is 23.7 Å². The zero-order valence-electron chi connectivity index (χ0n) is 9.47. The molecular weight excluding hydrogens is 246 g/mol. The molecule has 0 atom stereocenters. The number of aromatic nitrogens is 2. The number of hydrogen-bond acceptors (Lipinski definition) is 3. The van der Waals surface area contributed by atoms with E-state index in [1.807, 2.05) is 30.3 Å². The van der Waals surface area contributed by atoms with Gasteiger partial charge in [0.1, 0.15) is 5.82 Å². The summed E-state index contributed by atoms with van der Waals surface area (Å²) in [7, 11) is 0. The number of nitrogen functional groups attached to an aromatic ring is 1. The molecule has 0 radical (unpaired) electrons. The molecule has 0 saturated carbocycles. The first-order valence-electron chi connectivity index (χ1n) is 5.49. The van der Waals surface area contributed by atoms with E-state index in [0.717, 1.165) is 21.9 Å². The summed E-state index contributed by atoms with van der Waals surface area (Å²) < 4.78 is 0. The molecule has 3 aromatic rings. The second kappa shape index (κ2) is 4.27. The molecule has 0 aliphatic rings. The van der Waals surface area contributed by atoms with Gasteiger partial charge in [0.2, 0.25) is 0 Å². The lowest BCUT2D eigenvalue weighted by Gasteiger charge is -2.06. The number of halogens is 1. The molecule has 0 aliphatic heterocycles. The lowest BCUT2D eigenvalue weighted by Crippen LogP contribution is -1.89. The van der Waals surface area contributed by atoms with Crippen molar-refractivity contribution < 1.29 is 0 Å². The number of fused-ring (bicyclic) bond motifs is 1. The molecule has 0 fully saturated rings. The molecule has 0 unspecified atom stereocenters. The number of hydrogen-bond donors (Lipinski definition) is 1. The highest BCUT2D eigenvalue weighted by atomic mass is 35.5. The van der Waals surface area contributed by atoms with E-state index in [2.05, 4.69) is 9.97 Å². The van der Waals surface area contributed by atoms with Gasteiger partial charge in [-0.05, 0) is 29.1 Å². The van der Waals surface area contributed by atoms with Gasteiger partial charge >= 0.3 is 0 Å². The highest BCUT2D eigenvalue weighted by Crippen LogP contribution is 2.29. The summed E-state index contributed by atoms with van der Waals surface area (Å²) >= 11 is 6.14. The molecule has 2 aromatic heterocycles. The van der Waals surface area contributed by atoms with Crippen LogP contribution < -0.4 is 5.73 Å². The standard InChI is InChI=1S/C14H10ClN3/c15-13-8-17-4-3-12(13)10-2-1-9-6-14(16)18-7-11(9)5-10/h1-8H,(H2,16,18). The van der Waals surface area contributed by atoms with Gasteiger partial charge in [0.25, 0.3) is 0 Å². The van der Waals surface area contributed by atoms with Crippen molar-refractivity contribution in [2.45, 2.75) is 0 Å². The van der Waals surface area contributed by atoms with Gasteiger partial charge in [0.15, 0.2) is 0 Å². The van der Waals surface area contributed by atoms with Gasteiger partial charge in [-0.25, -0.2) is 4.98 Å². The maximum absolute atomic E-state index is 6.14. The Labute approximate surface area is 109 Å². The first-order valence-corrected chi connectivity index (χ1v) is 5.87. The Balaban J connectivity index is 2.20. The van der Waals surface area contributed by atoms with Gasteiger partial charge in [0.05, 0.1) is 5.02 Å². The van der Waals surface area contributed by atoms with E-state index in [9.17, 15) is 0 Å². The highest BCUT2D eigenvalue weighted by Gasteiger charge is 2.04. The minimum Gasteiger partial charge on any atom is -0.384 e. The highest BCUT2D eigenvalue weighted by molar-refractivity contribution is 6.33. The van der Waals surface area contributed by atoms with E-state index in [4.69, 9.17) is 17.3 Å². The summed E-state index contributed by atoms with van der Waals surface area (Å²) in [4.78, 5) is 8.08. The molecule has 4 heteroatoms. The molecule has 2 heterocycles. The fraction of sp³-hybridized carbons (Fsp3) is 0. The third-order valence-corrected chi connectivity index (χ3v) is 3.13. The summed E-state index contributed by atoms with van der Waals surface area (Å²) in [5, 5.41) is 2.74. The third-order valence-electron chi connectivity index (χ3n) is 2.83. The average Bonchev–Trinajstić information content (AvgIpc) is 2.39. The summed E-state index contributed by atoms with van der Waals surface area (Å²) in [6, 6.07) is 9.83. The molecule has 0 aliphatic carbocycles. The van der Waals surface area contributed by atoms with E-state index >= 15 is 0 Å². The molecule has 3 nitrogen and oxygen atoms in total. The summed E-state index contributed by atoms with van der Waals surface area (Å²) in [6.07, 6.45) is 5.14. The summed E-state index contributed by atoms with van der Waals surface area (Å²) in [5.41, 5.74) is 7.66. The van der Waals surface area contributed by atoms with Gasteiger partial charge in [-0.15, -0.1) is 0 Å². The van der Waals surface area contributed by atoms with E-state index in [1.54, 1.807) is 18.6 Å². The Morgan fingerprint density at radius 2 is 1.89 bits per heavy atom. The Bertz CT molecular complexity index is 725. The average molecular weight is 256 g/mol. The molecule has 2 N–H and O–H groups in total. The molecule has 0 amide bonds. The van der Waals surface area contributed by atoms with Crippen LogP contribution in [0.25, 0.3) is 21.9 Å². The summed E-state index contributed by atoms with van der Waals surface area (Å²) in [6.45, 7) is 0. The fourth-order valence-corrected chi connectivity index (χ4v) is 2.16. The van der Waals surface area contributed by atoms with Crippen LogP contribution in [0, 0.1) is 0 Å². The second-order valence-corrected chi connectivity index (χ2v) is 4.43. The largest absolute Gasteiger partial charge is 0.384 e. The molecule has 0 spiro atoms. The van der Waals surface area contributed by atoms with Crippen LogP contribution in [-0.4, -0.2) is 9.97 Å². The van der Waals surface area contributed by atoms with Crippen molar-refractivity contribution in [3.63, 3.8) is 0 Å². The molecule has 0 saturated heterocycles. The van der Waals surface area contributed by atoms with E-state index < -0.39 is 0 Å². The van der Waals surface area contributed by atoms with Crippen molar-refractivity contribution in [3.8, 4) is 11.1 Å². The van der Waals surface area contributed by atoms with Crippen molar-refractivity contribution in [3.05, 3.63) is 53.9 Å². The fourth-order valence-electron chi connectivity index (χ4n) is 1.94. The van der Waals surface area contributed by atoms with Crippen LogP contribution in [0.1, 0.15) is 0 Å². The number of pyridine rings is 2. The van der Waals surface area contributed by atoms with Crippen LogP contribution in [-0.2, 0) is 0 Å². The van der Waals surface area contributed by atoms with E-state index in [0.29, 0.717) is 10.8 Å². The zero-order chi connectivity index (χ0) is 12.5. The van der Waals surface area contributed by atoms with Crippen LogP contribution in [0.2, 0.25) is 5.02 Å². The summed E-state index contributed by atoms with van der Waals surface area (Å²) in [5.74, 6) is 0.525. The van der Waals surface area contributed by atoms with Crippen LogP contribution >= 0.6 is 11.6 Å². The van der Waals surface area contributed by atoms with Crippen molar-refractivity contribution in [1.82, 2.24) is 9.97 Å².